The molecule has 0 aliphatic carbocycles. The second kappa shape index (κ2) is 10.6. The normalized spacial score (nSPS) is 11.5. The van der Waals surface area contributed by atoms with E-state index in [0.717, 1.165) is 5.56 Å². The van der Waals surface area contributed by atoms with Gasteiger partial charge in [0.2, 0.25) is 0 Å². The number of rotatable bonds is 7. The number of nitrogens with zero attached hydrogens (tertiary/aromatic N) is 4. The quantitative estimate of drug-likeness (QED) is 0.180. The molecule has 2 aromatic heterocycles. The summed E-state index contributed by atoms with van der Waals surface area (Å²) in [5, 5.41) is 0.914. The Hall–Kier alpha value is -3.99. The van der Waals surface area contributed by atoms with E-state index in [0.29, 0.717) is 27.1 Å². The third-order valence-electron chi connectivity index (χ3n) is 5.75. The fraction of sp³-hybridized carbons (Fsp3) is 0.111. The first-order valence-corrected chi connectivity index (χ1v) is 13.7. The van der Waals surface area contributed by atoms with Crippen molar-refractivity contribution in [3.05, 3.63) is 94.2 Å². The lowest BCUT2D eigenvalue weighted by Gasteiger charge is -2.11. The molecule has 5 aromatic rings. The molecule has 0 fully saturated rings. The zero-order valence-corrected chi connectivity index (χ0v) is 23.0. The molecule has 0 spiro atoms. The maximum absolute atomic E-state index is 13.2. The molecule has 3 aromatic carbocycles. The van der Waals surface area contributed by atoms with E-state index in [1.165, 1.54) is 19.2 Å². The number of carbonyl (C=O) groups is 1. The molecule has 2 heterocycles. The number of methoxy groups -OCH3 is 1. The molecular formula is C27H20Cl2N4O5S. The molecule has 0 atom stereocenters. The topological polar surface area (TPSA) is 113 Å². The second-order valence-corrected chi connectivity index (χ2v) is 10.8. The lowest BCUT2D eigenvalue weighted by atomic mass is 10.2. The van der Waals surface area contributed by atoms with E-state index in [2.05, 4.69) is 15.0 Å². The van der Waals surface area contributed by atoms with Crippen LogP contribution in [0.1, 0.15) is 11.4 Å². The van der Waals surface area contributed by atoms with Crippen molar-refractivity contribution in [3.63, 3.8) is 0 Å². The Morgan fingerprint density at radius 3 is 2.28 bits per heavy atom. The van der Waals surface area contributed by atoms with Crippen molar-refractivity contribution >= 4 is 50.5 Å². The fourth-order valence-electron chi connectivity index (χ4n) is 3.83. The summed E-state index contributed by atoms with van der Waals surface area (Å²) in [7, 11) is -3.09. The zero-order valence-electron chi connectivity index (χ0n) is 20.6. The predicted molar refractivity (Wildman–Crippen MR) is 147 cm³/mol. The van der Waals surface area contributed by atoms with Crippen LogP contribution in [-0.4, -0.2) is 41.0 Å². The van der Waals surface area contributed by atoms with Crippen LogP contribution >= 0.6 is 23.2 Å². The highest BCUT2D eigenvalue weighted by Gasteiger charge is 2.27. The van der Waals surface area contributed by atoms with E-state index in [1.807, 2.05) is 6.92 Å². The summed E-state index contributed by atoms with van der Waals surface area (Å²) >= 11 is 12.7. The van der Waals surface area contributed by atoms with Crippen molar-refractivity contribution in [1.82, 2.24) is 19.5 Å². The average molecular weight is 583 g/mol. The summed E-state index contributed by atoms with van der Waals surface area (Å²) in [5.41, 5.74) is 2.27. The first-order chi connectivity index (χ1) is 18.7. The van der Waals surface area contributed by atoms with Crippen LogP contribution in [-0.2, 0) is 26.1 Å². The van der Waals surface area contributed by atoms with E-state index in [9.17, 15) is 13.2 Å². The molecule has 5 rings (SSSR count). The van der Waals surface area contributed by atoms with Crippen LogP contribution in [0.2, 0.25) is 10.0 Å². The summed E-state index contributed by atoms with van der Waals surface area (Å²) in [6, 6.07) is 20.1. The lowest BCUT2D eigenvalue weighted by molar-refractivity contribution is -0.139. The zero-order chi connectivity index (χ0) is 27.7. The third-order valence-corrected chi connectivity index (χ3v) is 7.56. The van der Waals surface area contributed by atoms with Crippen LogP contribution in [0, 0.1) is 6.92 Å². The van der Waals surface area contributed by atoms with Gasteiger partial charge in [-0.1, -0.05) is 53.0 Å². The Kier molecular flexibility index (Phi) is 7.26. The Bertz CT molecular complexity index is 1810. The number of esters is 1. The van der Waals surface area contributed by atoms with E-state index in [4.69, 9.17) is 32.1 Å². The van der Waals surface area contributed by atoms with Crippen molar-refractivity contribution < 1.29 is 22.1 Å². The van der Waals surface area contributed by atoms with Gasteiger partial charge in [0.25, 0.3) is 5.88 Å². The highest BCUT2D eigenvalue weighted by atomic mass is 35.5. The van der Waals surface area contributed by atoms with Crippen LogP contribution < -0.4 is 4.18 Å². The predicted octanol–water partition coefficient (Wildman–Crippen LogP) is 5.58. The summed E-state index contributed by atoms with van der Waals surface area (Å²) in [6.07, 6.45) is -0.333. The van der Waals surface area contributed by atoms with Gasteiger partial charge in [-0.25, -0.2) is 9.97 Å². The van der Waals surface area contributed by atoms with Gasteiger partial charge in [-0.2, -0.15) is 13.4 Å². The molecule has 198 valence electrons. The van der Waals surface area contributed by atoms with Gasteiger partial charge >= 0.3 is 16.1 Å². The first-order valence-electron chi connectivity index (χ1n) is 11.5. The number of benzene rings is 3. The van der Waals surface area contributed by atoms with E-state index < -0.39 is 16.1 Å². The molecule has 0 N–H and O–H groups in total. The second-order valence-electron chi connectivity index (χ2n) is 8.45. The van der Waals surface area contributed by atoms with Crippen molar-refractivity contribution in [2.24, 2.45) is 0 Å². The molecule has 9 nitrogen and oxygen atoms in total. The highest BCUT2D eigenvalue weighted by molar-refractivity contribution is 7.87. The van der Waals surface area contributed by atoms with Crippen LogP contribution in [0.25, 0.3) is 28.2 Å². The molecule has 0 bridgehead atoms. The number of ether oxygens (including phenoxy) is 1. The van der Waals surface area contributed by atoms with Crippen LogP contribution in [0.5, 0.6) is 5.88 Å². The molecular weight excluding hydrogens is 563 g/mol. The Labute approximate surface area is 234 Å². The van der Waals surface area contributed by atoms with Gasteiger partial charge in [0.15, 0.2) is 11.2 Å². The minimum absolute atomic E-state index is 0.0238. The number of halogens is 2. The number of hydrogen-bond donors (Lipinski definition) is 0. The molecule has 0 saturated carbocycles. The molecule has 12 heteroatoms. The monoisotopic (exact) mass is 582 g/mol. The Balaban J connectivity index is 1.79. The largest absolute Gasteiger partial charge is 0.469 e. The van der Waals surface area contributed by atoms with Crippen LogP contribution in [0.3, 0.4) is 0 Å². The van der Waals surface area contributed by atoms with Gasteiger partial charge in [0, 0.05) is 16.3 Å². The van der Waals surface area contributed by atoms with E-state index in [-0.39, 0.29) is 34.2 Å². The number of aryl methyl sites for hydroxylation is 1. The lowest BCUT2D eigenvalue weighted by Crippen LogP contribution is -2.14. The number of hydrogen-bond acceptors (Lipinski definition) is 8. The Morgan fingerprint density at radius 2 is 1.62 bits per heavy atom. The maximum Gasteiger partial charge on any atom is 0.340 e. The van der Waals surface area contributed by atoms with Gasteiger partial charge in [0.05, 0.1) is 12.1 Å². The molecule has 0 unspecified atom stereocenters. The fourth-order valence-corrected chi connectivity index (χ4v) is 5.07. The number of imidazole rings is 1. The van der Waals surface area contributed by atoms with Crippen LogP contribution in [0.15, 0.2) is 77.7 Å². The SMILES string of the molecule is COC(=O)Cc1nc(OS(=O)(=O)c2ccc(C)cc2)c2nc(-c3ccccc3Cl)n(-c3ccc(Cl)cc3)c2n1. The molecule has 0 radical (unpaired) electrons. The van der Waals surface area contributed by atoms with Gasteiger partial charge in [0.1, 0.15) is 23.0 Å². The molecule has 39 heavy (non-hydrogen) atoms. The van der Waals surface area contributed by atoms with E-state index in [1.54, 1.807) is 65.2 Å². The third kappa shape index (κ3) is 5.44. The number of carbonyl (C=O) groups excluding carboxylic acids is 1. The van der Waals surface area contributed by atoms with Gasteiger partial charge in [-0.3, -0.25) is 9.36 Å². The summed E-state index contributed by atoms with van der Waals surface area (Å²) in [4.78, 5) is 25.5. The summed E-state index contributed by atoms with van der Waals surface area (Å²) in [6.45, 7) is 1.84. The summed E-state index contributed by atoms with van der Waals surface area (Å²) in [5.74, 6) is -0.643. The molecule has 0 amide bonds. The van der Waals surface area contributed by atoms with Crippen molar-refractivity contribution in [2.75, 3.05) is 7.11 Å². The number of fused-ring (bicyclic) bond motifs is 1. The van der Waals surface area contributed by atoms with Gasteiger partial charge in [-0.05, 0) is 55.5 Å². The smallest absolute Gasteiger partial charge is 0.340 e. The Morgan fingerprint density at radius 1 is 0.923 bits per heavy atom. The van der Waals surface area contributed by atoms with Crippen molar-refractivity contribution in [1.29, 1.82) is 0 Å². The summed E-state index contributed by atoms with van der Waals surface area (Å²) < 4.78 is 38.4. The van der Waals surface area contributed by atoms with Gasteiger partial charge < -0.3 is 8.92 Å². The first kappa shape index (κ1) is 26.6. The number of aromatic nitrogens is 4. The average Bonchev–Trinajstić information content (AvgIpc) is 3.29. The molecule has 0 aliphatic rings. The highest BCUT2D eigenvalue weighted by Crippen LogP contribution is 2.35. The molecule has 0 aliphatic heterocycles. The van der Waals surface area contributed by atoms with E-state index >= 15 is 0 Å². The minimum atomic E-state index is -4.32. The minimum Gasteiger partial charge on any atom is -0.469 e. The van der Waals surface area contributed by atoms with Crippen molar-refractivity contribution in [3.8, 4) is 23.0 Å². The standard InChI is InChI=1S/C27H20Cl2N4O5S/c1-16-7-13-19(14-8-16)39(35,36)38-27-24-26(30-22(31-27)15-23(34)37-2)33(18-11-9-17(28)10-12-18)25(32-24)20-5-3-4-6-21(20)29/h3-14H,15H2,1-2H3. The maximum atomic E-state index is 13.2. The molecule has 0 saturated heterocycles. The van der Waals surface area contributed by atoms with Gasteiger partial charge in [-0.15, -0.1) is 0 Å². The van der Waals surface area contributed by atoms with Crippen LogP contribution in [0.4, 0.5) is 0 Å². The van der Waals surface area contributed by atoms with Crippen molar-refractivity contribution in [2.45, 2.75) is 18.2 Å².